The zero-order valence-electron chi connectivity index (χ0n) is 44.1. The number of fused-ring (bicyclic) bond motifs is 2. The van der Waals surface area contributed by atoms with Crippen molar-refractivity contribution in [1.82, 2.24) is 47.1 Å². The molecular formula is C55H73N9O10S2. The van der Waals surface area contributed by atoms with Crippen molar-refractivity contribution in [1.29, 1.82) is 0 Å². The van der Waals surface area contributed by atoms with E-state index in [-0.39, 0.29) is 68.9 Å². The number of hydrogen-bond donors (Lipinski definition) is 8. The molecule has 2 saturated heterocycles. The first-order valence-electron chi connectivity index (χ1n) is 25.9. The number of carbonyl (C=O) groups is 8. The van der Waals surface area contributed by atoms with Gasteiger partial charge in [0.15, 0.2) is 0 Å². The molecule has 2 aliphatic heterocycles. The van der Waals surface area contributed by atoms with Crippen LogP contribution in [0.1, 0.15) is 76.5 Å². The quantitative estimate of drug-likeness (QED) is 0.0856. The van der Waals surface area contributed by atoms with Gasteiger partial charge in [0.2, 0.25) is 47.3 Å². The smallest absolute Gasteiger partial charge is 0.245 e. The second-order valence-corrected chi connectivity index (χ2v) is 23.6. The molecule has 0 bridgehead atoms. The number of nitrogens with one attached hydrogen (secondary N) is 8. The van der Waals surface area contributed by atoms with Crippen LogP contribution in [0.15, 0.2) is 91.1 Å². The summed E-state index contributed by atoms with van der Waals surface area (Å²) < 4.78 is 25.0. The summed E-state index contributed by atoms with van der Waals surface area (Å²) in [6.07, 6.45) is 5.06. The summed E-state index contributed by atoms with van der Waals surface area (Å²) in [5.41, 5.74) is 2.80. The van der Waals surface area contributed by atoms with Crippen molar-refractivity contribution in [2.45, 2.75) is 127 Å². The van der Waals surface area contributed by atoms with Gasteiger partial charge in [0.05, 0.1) is 0 Å². The predicted octanol–water partition coefficient (Wildman–Crippen LogP) is 1.83. The summed E-state index contributed by atoms with van der Waals surface area (Å²) in [7, 11) is -2.81. The predicted molar refractivity (Wildman–Crippen MR) is 292 cm³/mol. The molecule has 21 heteroatoms. The van der Waals surface area contributed by atoms with E-state index in [1.807, 2.05) is 38.1 Å². The summed E-state index contributed by atoms with van der Waals surface area (Å²) in [6.45, 7) is 7.18. The highest BCUT2D eigenvalue weighted by Gasteiger charge is 2.41. The molecular weight excluding hydrogens is 1010 g/mol. The number of rotatable bonds is 15. The van der Waals surface area contributed by atoms with Crippen LogP contribution in [0.25, 0.3) is 10.9 Å². The molecule has 410 valence electrons. The van der Waals surface area contributed by atoms with E-state index >= 15 is 0 Å². The Hall–Kier alpha value is -6.74. The monoisotopic (exact) mass is 1080 g/mol. The second kappa shape index (κ2) is 27.9. The highest BCUT2D eigenvalue weighted by atomic mass is 32.2. The minimum atomic E-state index is -1.42. The average Bonchev–Trinajstić information content (AvgIpc) is 4.05. The van der Waals surface area contributed by atoms with Crippen LogP contribution in [0.2, 0.25) is 0 Å². The van der Waals surface area contributed by atoms with Gasteiger partial charge in [-0.2, -0.15) is 0 Å². The van der Waals surface area contributed by atoms with Gasteiger partial charge < -0.3 is 47.1 Å². The third-order valence-corrected chi connectivity index (χ3v) is 15.2. The summed E-state index contributed by atoms with van der Waals surface area (Å²) in [5.74, 6) is -6.51. The largest absolute Gasteiger partial charge is 0.361 e. The SMILES string of the molecule is CC(C)C[C@@H]1NC(=O)[C@H](CCS(C)=O)NC(=O)[C@H](C(C)C)NC(=O)[C@H](Cc2c[nH]c3ccccc23)NC(=O)[C@H](Cc2ccccc2)NC(=O)[C@H](Cc2ccccc2)NC(=O)[C@@H]2CCCN2C(=O)[C@H](CCS(C)=O)NC1=O. The molecule has 0 aliphatic carbocycles. The Morgan fingerprint density at radius 1 is 0.526 bits per heavy atom. The number of aromatic nitrogens is 1. The number of carbonyl (C=O) groups excluding carboxylic acids is 8. The number of hydrogen-bond acceptors (Lipinski definition) is 10. The number of nitrogens with zero attached hydrogens (tertiary/aromatic N) is 1. The minimum Gasteiger partial charge on any atom is -0.361 e. The Balaban J connectivity index is 1.45. The molecule has 6 rings (SSSR count). The van der Waals surface area contributed by atoms with E-state index in [1.165, 1.54) is 17.4 Å². The molecule has 4 aromatic rings. The molecule has 0 saturated carbocycles. The molecule has 8 N–H and O–H groups in total. The maximum atomic E-state index is 14.9. The Bertz CT molecular complexity index is 2740. The number of amides is 8. The highest BCUT2D eigenvalue weighted by molar-refractivity contribution is 7.84. The molecule has 0 radical (unpaired) electrons. The van der Waals surface area contributed by atoms with Crippen LogP contribution in [0, 0.1) is 11.8 Å². The first-order valence-corrected chi connectivity index (χ1v) is 29.4. The third-order valence-electron chi connectivity index (χ3n) is 13.6. The lowest BCUT2D eigenvalue weighted by Gasteiger charge is -2.32. The molecule has 3 aromatic carbocycles. The molecule has 3 heterocycles. The van der Waals surface area contributed by atoms with Crippen molar-refractivity contribution in [2.75, 3.05) is 30.6 Å². The lowest BCUT2D eigenvalue weighted by molar-refractivity contribution is -0.142. The summed E-state index contributed by atoms with van der Waals surface area (Å²) in [6, 6.07) is 15.1. The molecule has 0 spiro atoms. The lowest BCUT2D eigenvalue weighted by Crippen LogP contribution is -2.62. The van der Waals surface area contributed by atoms with E-state index in [4.69, 9.17) is 0 Å². The van der Waals surface area contributed by atoms with Crippen LogP contribution in [-0.2, 0) is 79.2 Å². The van der Waals surface area contributed by atoms with E-state index in [9.17, 15) is 46.8 Å². The van der Waals surface area contributed by atoms with Gasteiger partial charge in [-0.25, -0.2) is 0 Å². The van der Waals surface area contributed by atoms with E-state index in [0.29, 0.717) is 23.1 Å². The summed E-state index contributed by atoms with van der Waals surface area (Å²) in [4.78, 5) is 122. The van der Waals surface area contributed by atoms with Gasteiger partial charge >= 0.3 is 0 Å². The van der Waals surface area contributed by atoms with E-state index in [2.05, 4.69) is 42.2 Å². The number of para-hydroxylation sites is 1. The Morgan fingerprint density at radius 2 is 0.987 bits per heavy atom. The maximum Gasteiger partial charge on any atom is 0.245 e. The van der Waals surface area contributed by atoms with E-state index in [0.717, 1.165) is 10.9 Å². The standard InChI is InChI=1S/C55H73N9O10S2/c1-33(2)28-42-49(66)58-41(24-27-76(6)74)55(72)64-25-15-22-46(64)53(70)62-44(30-36-18-11-8-12-19-36)51(68)60-43(29-35-16-9-7-10-17-35)50(67)61-45(31-37-32-56-39-21-14-13-20-38(37)39)52(69)63-47(34(3)4)54(71)57-40(48(65)59-42)23-26-75(5)73/h7-14,16-21,32-34,40-47,56H,15,22-31H2,1-6H3,(H,57,71)(H,58,66)(H,59,65)(H,60,68)(H,61,67)(H,62,70)(H,63,69)/t40-,41-,42-,43-,44-,45-,46-,47-,75?,76?/m0/s1. The maximum absolute atomic E-state index is 14.9. The van der Waals surface area contributed by atoms with Gasteiger partial charge in [0.1, 0.15) is 48.3 Å². The van der Waals surface area contributed by atoms with Crippen LogP contribution >= 0.6 is 0 Å². The first kappa shape index (κ1) is 58.5. The number of benzene rings is 3. The van der Waals surface area contributed by atoms with Gasteiger partial charge in [0.25, 0.3) is 0 Å². The summed E-state index contributed by atoms with van der Waals surface area (Å²) >= 11 is 0. The Kier molecular flexibility index (Phi) is 21.5. The summed E-state index contributed by atoms with van der Waals surface area (Å²) in [5, 5.41) is 20.6. The van der Waals surface area contributed by atoms with Crippen LogP contribution in [0.3, 0.4) is 0 Å². The second-order valence-electron chi connectivity index (χ2n) is 20.5. The molecule has 2 aliphatic rings. The topological polar surface area (TPSA) is 274 Å². The molecule has 2 fully saturated rings. The van der Waals surface area contributed by atoms with Gasteiger partial charge in [0, 0.05) is 88.5 Å². The van der Waals surface area contributed by atoms with Crippen LogP contribution < -0.4 is 37.2 Å². The van der Waals surface area contributed by atoms with Crippen molar-refractivity contribution in [3.05, 3.63) is 108 Å². The number of aromatic amines is 1. The molecule has 2 unspecified atom stereocenters. The molecule has 76 heavy (non-hydrogen) atoms. The zero-order valence-corrected chi connectivity index (χ0v) is 45.7. The van der Waals surface area contributed by atoms with Gasteiger partial charge in [-0.3, -0.25) is 46.8 Å². The van der Waals surface area contributed by atoms with Crippen molar-refractivity contribution in [2.24, 2.45) is 11.8 Å². The van der Waals surface area contributed by atoms with Crippen molar-refractivity contribution >= 4 is 79.8 Å². The van der Waals surface area contributed by atoms with Crippen LogP contribution in [0.5, 0.6) is 0 Å². The van der Waals surface area contributed by atoms with Gasteiger partial charge in [-0.05, 0) is 66.7 Å². The Labute approximate surface area is 449 Å². The zero-order chi connectivity index (χ0) is 55.1. The lowest BCUT2D eigenvalue weighted by atomic mass is 9.99. The molecule has 1 aromatic heterocycles. The first-order chi connectivity index (χ1) is 36.3. The molecule has 19 nitrogen and oxygen atoms in total. The van der Waals surface area contributed by atoms with Gasteiger partial charge in [-0.15, -0.1) is 0 Å². The highest BCUT2D eigenvalue weighted by Crippen LogP contribution is 2.22. The Morgan fingerprint density at radius 3 is 1.55 bits per heavy atom. The number of H-pyrrole nitrogens is 1. The molecule has 8 amide bonds. The third kappa shape index (κ3) is 16.6. The van der Waals surface area contributed by atoms with Crippen LogP contribution in [0.4, 0.5) is 0 Å². The van der Waals surface area contributed by atoms with E-state index < -0.39 is 123 Å². The van der Waals surface area contributed by atoms with Crippen molar-refractivity contribution in [3.8, 4) is 0 Å². The van der Waals surface area contributed by atoms with Crippen LogP contribution in [-0.4, -0.2) is 144 Å². The van der Waals surface area contributed by atoms with E-state index in [1.54, 1.807) is 80.7 Å². The van der Waals surface area contributed by atoms with Crippen molar-refractivity contribution < 1.29 is 46.8 Å². The van der Waals surface area contributed by atoms with Gasteiger partial charge in [-0.1, -0.05) is 107 Å². The fraction of sp³-hybridized carbons (Fsp3) is 0.491. The fourth-order valence-electron chi connectivity index (χ4n) is 9.56. The average molecular weight is 1080 g/mol. The fourth-order valence-corrected chi connectivity index (χ4v) is 10.7. The molecule has 10 atom stereocenters. The van der Waals surface area contributed by atoms with Crippen molar-refractivity contribution in [3.63, 3.8) is 0 Å². The minimum absolute atomic E-state index is 0.00980. The normalized spacial score (nSPS) is 24.8.